The van der Waals surface area contributed by atoms with Crippen LogP contribution < -0.4 is 16.4 Å². The number of likely N-dealkylation sites (tertiary alicyclic amines) is 1. The first-order valence-electron chi connectivity index (χ1n) is 12.7. The van der Waals surface area contributed by atoms with Crippen LogP contribution in [0.4, 0.5) is 0 Å². The molecule has 4 aromatic rings. The molecule has 3 N–H and O–H groups in total. The number of aromatic nitrogens is 5. The van der Waals surface area contributed by atoms with Crippen LogP contribution in [0.5, 0.6) is 0 Å². The summed E-state index contributed by atoms with van der Waals surface area (Å²) >= 11 is 0. The molecule has 11 nitrogen and oxygen atoms in total. The molecule has 0 aliphatic carbocycles. The van der Waals surface area contributed by atoms with Gasteiger partial charge in [0.1, 0.15) is 12.6 Å². The highest BCUT2D eigenvalue weighted by Crippen LogP contribution is 2.30. The Morgan fingerprint density at radius 1 is 1.23 bits per heavy atom. The number of imidazole rings is 1. The van der Waals surface area contributed by atoms with Gasteiger partial charge in [-0.3, -0.25) is 38.0 Å². The van der Waals surface area contributed by atoms with Gasteiger partial charge in [0.05, 0.1) is 63.1 Å². The van der Waals surface area contributed by atoms with E-state index in [2.05, 4.69) is 15.0 Å². The van der Waals surface area contributed by atoms with E-state index in [1.807, 2.05) is 29.2 Å². The number of nitrogens with zero attached hydrogens (tertiary/aromatic N) is 6. The molecule has 202 valence electrons. The standard InChI is InChI=1S/C27H30N8O3S/c1-29-12-18(11-28)20-7-6-17(13-30-20)21-8-9-22-25(32-21)26-23(14-31-22)33(2)27(37)35(26)19-5-4-10-34(15-19)16-24(36)39(3)38/h6-9,11-14,19H,4-5,10,15-16,28H2,1-3H3/p+1. The van der Waals surface area contributed by atoms with Gasteiger partial charge >= 0.3 is 5.69 Å². The van der Waals surface area contributed by atoms with E-state index in [9.17, 15) is 13.8 Å². The van der Waals surface area contributed by atoms with Gasteiger partial charge in [-0.1, -0.05) is 0 Å². The van der Waals surface area contributed by atoms with Crippen molar-refractivity contribution < 1.29 is 14.0 Å². The molecule has 12 heteroatoms. The van der Waals surface area contributed by atoms with Crippen molar-refractivity contribution in [3.8, 4) is 11.3 Å². The van der Waals surface area contributed by atoms with Crippen LogP contribution in [0.25, 0.3) is 38.9 Å². The van der Waals surface area contributed by atoms with E-state index in [0.29, 0.717) is 34.3 Å². The fraction of sp³-hybridized carbons (Fsp3) is 0.333. The second-order valence-corrected chi connectivity index (χ2v) is 11.0. The summed E-state index contributed by atoms with van der Waals surface area (Å²) in [6.45, 7) is 1.34. The summed E-state index contributed by atoms with van der Waals surface area (Å²) in [5.74, 6) is 0. The molecule has 2 atom stereocenters. The van der Waals surface area contributed by atoms with Gasteiger partial charge in [-0.25, -0.2) is 9.78 Å². The average molecular weight is 548 g/mol. The Labute approximate surface area is 227 Å². The van der Waals surface area contributed by atoms with Crippen molar-refractivity contribution >= 4 is 49.8 Å². The molecule has 1 fully saturated rings. The molecule has 0 radical (unpaired) electrons. The van der Waals surface area contributed by atoms with Crippen molar-refractivity contribution in [1.29, 1.82) is 0 Å². The summed E-state index contributed by atoms with van der Waals surface area (Å²) in [6, 6.07) is 7.45. The van der Waals surface area contributed by atoms with Crippen molar-refractivity contribution in [3.05, 3.63) is 59.0 Å². The molecule has 1 aliphatic rings. The van der Waals surface area contributed by atoms with Gasteiger partial charge < -0.3 is 5.73 Å². The highest BCUT2D eigenvalue weighted by molar-refractivity contribution is 7.99. The number of hydrogen-bond donors (Lipinski definition) is 2. The Balaban J connectivity index is 1.59. The molecular formula is C27H31N8O3S+. The van der Waals surface area contributed by atoms with E-state index < -0.39 is 10.8 Å². The largest absolute Gasteiger partial charge is 0.404 e. The average Bonchev–Trinajstić information content (AvgIpc) is 3.21. The molecule has 0 saturated carbocycles. The summed E-state index contributed by atoms with van der Waals surface area (Å²) in [7, 11) is 2.00. The maximum atomic E-state index is 13.5. The Hall–Kier alpha value is -4.03. The number of allylic oxidation sites excluding steroid dienone is 1. The van der Waals surface area contributed by atoms with Crippen molar-refractivity contribution in [2.45, 2.75) is 18.9 Å². The van der Waals surface area contributed by atoms with Crippen LogP contribution in [0.2, 0.25) is 0 Å². The van der Waals surface area contributed by atoms with Gasteiger partial charge in [-0.15, -0.1) is 0 Å². The third-order valence-corrected chi connectivity index (χ3v) is 7.89. The lowest BCUT2D eigenvalue weighted by Crippen LogP contribution is -2.63. The van der Waals surface area contributed by atoms with Crippen LogP contribution >= 0.6 is 0 Å². The predicted octanol–water partition coefficient (Wildman–Crippen LogP) is -0.0320. The summed E-state index contributed by atoms with van der Waals surface area (Å²) in [4.78, 5) is 44.7. The fourth-order valence-electron chi connectivity index (χ4n) is 5.12. The number of nitrogens with two attached hydrogens (primary N) is 1. The summed E-state index contributed by atoms with van der Waals surface area (Å²) in [5.41, 5.74) is 11.3. The molecular weight excluding hydrogens is 516 g/mol. The van der Waals surface area contributed by atoms with Gasteiger partial charge in [0, 0.05) is 37.8 Å². The predicted molar refractivity (Wildman–Crippen MR) is 152 cm³/mol. The summed E-state index contributed by atoms with van der Waals surface area (Å²) in [6.07, 6.45) is 9.73. The van der Waals surface area contributed by atoms with Gasteiger partial charge in [-0.2, -0.15) is 0 Å². The van der Waals surface area contributed by atoms with Crippen LogP contribution in [-0.4, -0.2) is 77.5 Å². The number of pyridine rings is 3. The first-order valence-corrected chi connectivity index (χ1v) is 14.2. The molecule has 0 spiro atoms. The number of fused-ring (bicyclic) bond motifs is 3. The van der Waals surface area contributed by atoms with Crippen LogP contribution in [0.15, 0.2) is 47.7 Å². The smallest absolute Gasteiger partial charge is 0.329 e. The SMILES string of the molecule is C[NH+]=CC(=CN)c1ccc(-c2ccc3ncc4c(c3n2)n(C2CCCN(CC(=O)S(C)=O)C2)c(=O)n4C)cn1. The van der Waals surface area contributed by atoms with Crippen LogP contribution in [-0.2, 0) is 22.6 Å². The highest BCUT2D eigenvalue weighted by Gasteiger charge is 2.28. The van der Waals surface area contributed by atoms with E-state index >= 15 is 0 Å². The lowest BCUT2D eigenvalue weighted by Gasteiger charge is -2.32. The number of rotatable bonds is 6. The molecule has 4 aromatic heterocycles. The maximum absolute atomic E-state index is 13.5. The fourth-order valence-corrected chi connectivity index (χ4v) is 5.49. The van der Waals surface area contributed by atoms with Crippen molar-refractivity contribution in [3.63, 3.8) is 0 Å². The van der Waals surface area contributed by atoms with E-state index in [1.54, 1.807) is 41.8 Å². The molecule has 0 amide bonds. The van der Waals surface area contributed by atoms with Crippen LogP contribution in [0.1, 0.15) is 24.6 Å². The third-order valence-electron chi connectivity index (χ3n) is 7.12. The topological polar surface area (TPSA) is 143 Å². The molecule has 0 aromatic carbocycles. The number of hydrogen-bond acceptors (Lipinski definition) is 8. The first-order chi connectivity index (χ1) is 18.8. The Morgan fingerprint density at radius 2 is 2.05 bits per heavy atom. The Bertz CT molecular complexity index is 1700. The second-order valence-electron chi connectivity index (χ2n) is 9.61. The van der Waals surface area contributed by atoms with Crippen LogP contribution in [0.3, 0.4) is 0 Å². The monoisotopic (exact) mass is 547 g/mol. The van der Waals surface area contributed by atoms with Gasteiger partial charge in [0.15, 0.2) is 6.21 Å². The third kappa shape index (κ3) is 5.04. The molecule has 5 rings (SSSR count). The zero-order valence-electron chi connectivity index (χ0n) is 22.1. The molecule has 39 heavy (non-hydrogen) atoms. The molecule has 1 saturated heterocycles. The second kappa shape index (κ2) is 11.0. The molecule has 1 aliphatic heterocycles. The van der Waals surface area contributed by atoms with E-state index in [0.717, 1.165) is 36.2 Å². The number of nitrogens with one attached hydrogen (secondary N) is 1. The molecule has 0 bridgehead atoms. The number of carbonyl (C=O) groups is 1. The van der Waals surface area contributed by atoms with Gasteiger partial charge in [0.25, 0.3) is 0 Å². The summed E-state index contributed by atoms with van der Waals surface area (Å²) < 4.78 is 15.0. The zero-order valence-corrected chi connectivity index (χ0v) is 22.9. The first kappa shape index (κ1) is 26.6. The lowest BCUT2D eigenvalue weighted by molar-refractivity contribution is -0.412. The number of piperidine rings is 1. The van der Waals surface area contributed by atoms with E-state index in [1.165, 1.54) is 12.5 Å². The van der Waals surface area contributed by atoms with Gasteiger partial charge in [0.2, 0.25) is 5.12 Å². The minimum Gasteiger partial charge on any atom is -0.404 e. The number of aryl methyl sites for hydroxylation is 1. The van der Waals surface area contributed by atoms with Crippen molar-refractivity contribution in [1.82, 2.24) is 29.0 Å². The highest BCUT2D eigenvalue weighted by atomic mass is 32.2. The Morgan fingerprint density at radius 3 is 2.74 bits per heavy atom. The molecule has 2 unspecified atom stereocenters. The zero-order chi connectivity index (χ0) is 27.7. The minimum atomic E-state index is -1.53. The van der Waals surface area contributed by atoms with Crippen molar-refractivity contribution in [2.24, 2.45) is 12.8 Å². The summed E-state index contributed by atoms with van der Waals surface area (Å²) in [5, 5.41) is -0.306. The minimum absolute atomic E-state index is 0.111. The number of carbonyl (C=O) groups excluding carboxylic acids is 1. The maximum Gasteiger partial charge on any atom is 0.329 e. The van der Waals surface area contributed by atoms with Crippen molar-refractivity contribution in [2.75, 3.05) is 32.9 Å². The van der Waals surface area contributed by atoms with E-state index in [4.69, 9.17) is 10.7 Å². The Kier molecular flexibility index (Phi) is 7.49. The quantitative estimate of drug-likeness (QED) is 0.321. The van der Waals surface area contributed by atoms with Crippen LogP contribution in [0, 0.1) is 0 Å². The molecule has 5 heterocycles. The van der Waals surface area contributed by atoms with E-state index in [-0.39, 0.29) is 23.4 Å². The lowest BCUT2D eigenvalue weighted by atomic mass is 10.1. The van der Waals surface area contributed by atoms with Gasteiger partial charge in [-0.05, 0) is 43.7 Å². The normalized spacial score (nSPS) is 17.8.